The molecule has 1 aliphatic rings. The zero-order valence-electron chi connectivity index (χ0n) is 15.7. The number of hydrogen-bond acceptors (Lipinski definition) is 5. The highest BCUT2D eigenvalue weighted by Crippen LogP contribution is 2.31. The van der Waals surface area contributed by atoms with E-state index >= 15 is 0 Å². The van der Waals surface area contributed by atoms with Crippen molar-refractivity contribution in [2.24, 2.45) is 12.8 Å². The summed E-state index contributed by atoms with van der Waals surface area (Å²) in [6.07, 6.45) is 3.16. The van der Waals surface area contributed by atoms with Gasteiger partial charge in [-0.15, -0.1) is 0 Å². The lowest BCUT2D eigenvalue weighted by molar-refractivity contribution is 0.0977. The fraction of sp³-hybridized carbons (Fsp3) is 0.421. The number of amides is 2. The second-order valence-corrected chi connectivity index (χ2v) is 6.80. The number of nitrogens with zero attached hydrogens (tertiary/aromatic N) is 2. The fourth-order valence-electron chi connectivity index (χ4n) is 3.03. The van der Waals surface area contributed by atoms with Crippen LogP contribution < -0.4 is 15.8 Å². The van der Waals surface area contributed by atoms with Crippen molar-refractivity contribution in [3.05, 3.63) is 41.2 Å². The maximum absolute atomic E-state index is 12.9. The second-order valence-electron chi connectivity index (χ2n) is 6.80. The number of aromatic nitrogens is 2. The number of aryl methyl sites for hydroxylation is 1. The monoisotopic (exact) mass is 372 g/mol. The topological polar surface area (TPSA) is 108 Å². The van der Waals surface area contributed by atoms with Crippen molar-refractivity contribution < 1.29 is 19.1 Å². The molecule has 27 heavy (non-hydrogen) atoms. The Bertz CT molecular complexity index is 853. The predicted molar refractivity (Wildman–Crippen MR) is 99.8 cm³/mol. The molecule has 1 saturated heterocycles. The second kappa shape index (κ2) is 7.79. The molecule has 1 aromatic carbocycles. The molecule has 8 heteroatoms. The summed E-state index contributed by atoms with van der Waals surface area (Å²) >= 11 is 0. The third-order valence-corrected chi connectivity index (χ3v) is 4.21. The van der Waals surface area contributed by atoms with Crippen LogP contribution in [0.25, 0.3) is 0 Å². The van der Waals surface area contributed by atoms with Crippen molar-refractivity contribution >= 4 is 17.5 Å². The van der Waals surface area contributed by atoms with Crippen LogP contribution >= 0.6 is 0 Å². The summed E-state index contributed by atoms with van der Waals surface area (Å²) < 4.78 is 13.0. The number of ether oxygens (including phenoxy) is 2. The molecule has 0 bridgehead atoms. The van der Waals surface area contributed by atoms with Gasteiger partial charge in [0.15, 0.2) is 0 Å². The quantitative estimate of drug-likeness (QED) is 0.809. The smallest absolute Gasteiger partial charge is 0.259 e. The summed E-state index contributed by atoms with van der Waals surface area (Å²) in [6, 6.07) is 4.69. The fourth-order valence-corrected chi connectivity index (χ4v) is 3.03. The third kappa shape index (κ3) is 4.28. The summed E-state index contributed by atoms with van der Waals surface area (Å²) in [6.45, 7) is 4.39. The maximum Gasteiger partial charge on any atom is 0.259 e. The molecule has 1 aliphatic heterocycles. The van der Waals surface area contributed by atoms with E-state index in [1.54, 1.807) is 30.1 Å². The molecule has 1 aromatic heterocycles. The number of carbonyl (C=O) groups is 2. The maximum atomic E-state index is 12.9. The minimum atomic E-state index is -0.561. The van der Waals surface area contributed by atoms with Crippen LogP contribution in [0.5, 0.6) is 5.75 Å². The van der Waals surface area contributed by atoms with Crippen molar-refractivity contribution in [2.75, 3.05) is 11.9 Å². The highest BCUT2D eigenvalue weighted by Gasteiger charge is 2.27. The number of benzene rings is 1. The van der Waals surface area contributed by atoms with E-state index in [0.717, 1.165) is 12.8 Å². The first-order chi connectivity index (χ1) is 12.8. The van der Waals surface area contributed by atoms with Gasteiger partial charge in [0.05, 0.1) is 17.4 Å². The molecule has 1 fully saturated rings. The predicted octanol–water partition coefficient (Wildman–Crippen LogP) is 2.41. The average Bonchev–Trinajstić information content (AvgIpc) is 3.24. The summed E-state index contributed by atoms with van der Waals surface area (Å²) in [5.41, 5.74) is 7.20. The van der Waals surface area contributed by atoms with E-state index in [0.29, 0.717) is 34.9 Å². The van der Waals surface area contributed by atoms with Crippen molar-refractivity contribution in [3.8, 4) is 5.75 Å². The van der Waals surface area contributed by atoms with Crippen molar-refractivity contribution in [2.45, 2.75) is 38.9 Å². The van der Waals surface area contributed by atoms with Crippen LogP contribution in [0.1, 0.15) is 59.2 Å². The van der Waals surface area contributed by atoms with Gasteiger partial charge in [-0.25, -0.2) is 0 Å². The highest BCUT2D eigenvalue weighted by molar-refractivity contribution is 6.06. The molecule has 1 atom stereocenters. The lowest BCUT2D eigenvalue weighted by Gasteiger charge is -2.16. The molecule has 2 aromatic rings. The number of anilines is 1. The van der Waals surface area contributed by atoms with Crippen LogP contribution in [0.2, 0.25) is 0 Å². The van der Waals surface area contributed by atoms with E-state index in [2.05, 4.69) is 10.4 Å². The van der Waals surface area contributed by atoms with Crippen LogP contribution in [0, 0.1) is 0 Å². The average molecular weight is 372 g/mol. The minimum absolute atomic E-state index is 0.135. The van der Waals surface area contributed by atoms with Crippen LogP contribution in [0.3, 0.4) is 0 Å². The minimum Gasteiger partial charge on any atom is -0.489 e. The van der Waals surface area contributed by atoms with Crippen molar-refractivity contribution in [1.29, 1.82) is 0 Å². The summed E-state index contributed by atoms with van der Waals surface area (Å²) in [4.78, 5) is 24.3. The lowest BCUT2D eigenvalue weighted by atomic mass is 10.1. The van der Waals surface area contributed by atoms with E-state index < -0.39 is 5.91 Å². The first-order valence-corrected chi connectivity index (χ1v) is 8.92. The summed E-state index contributed by atoms with van der Waals surface area (Å²) in [5, 5.41) is 7.25. The van der Waals surface area contributed by atoms with Gasteiger partial charge in [0.25, 0.3) is 5.91 Å². The number of hydrogen-bond donors (Lipinski definition) is 2. The number of rotatable bonds is 6. The molecular formula is C19H24N4O4. The van der Waals surface area contributed by atoms with E-state index in [-0.39, 0.29) is 18.1 Å². The van der Waals surface area contributed by atoms with Gasteiger partial charge in [-0.3, -0.25) is 14.3 Å². The largest absolute Gasteiger partial charge is 0.489 e. The van der Waals surface area contributed by atoms with E-state index in [1.807, 2.05) is 13.8 Å². The van der Waals surface area contributed by atoms with Crippen LogP contribution in [0.15, 0.2) is 24.4 Å². The molecule has 8 nitrogen and oxygen atoms in total. The van der Waals surface area contributed by atoms with Gasteiger partial charge in [-0.1, -0.05) is 0 Å². The Hall–Kier alpha value is -2.87. The van der Waals surface area contributed by atoms with Gasteiger partial charge in [0, 0.05) is 25.4 Å². The Balaban J connectivity index is 1.89. The van der Waals surface area contributed by atoms with Crippen molar-refractivity contribution in [3.63, 3.8) is 0 Å². The standard InChI is InChI=1S/C19H24N4O4/c1-11(2)27-16-9-12(18(20)24)6-7-14(16)21-19(25)13-10-23(3)22-17(13)15-5-4-8-26-15/h6-7,9-11,15H,4-5,8H2,1-3H3,(H2,20,24)(H,21,25). The molecule has 0 radical (unpaired) electrons. The molecule has 0 saturated carbocycles. The number of carbonyl (C=O) groups excluding carboxylic acids is 2. The van der Waals surface area contributed by atoms with Gasteiger partial charge < -0.3 is 20.5 Å². The Kier molecular flexibility index (Phi) is 5.46. The lowest BCUT2D eigenvalue weighted by Crippen LogP contribution is -2.17. The van der Waals surface area contributed by atoms with Gasteiger partial charge in [0.2, 0.25) is 5.91 Å². The first kappa shape index (κ1) is 18.9. The van der Waals surface area contributed by atoms with E-state index in [1.165, 1.54) is 6.07 Å². The Morgan fingerprint density at radius 1 is 1.41 bits per heavy atom. The molecule has 1 unspecified atom stereocenters. The van der Waals surface area contributed by atoms with E-state index in [4.69, 9.17) is 15.2 Å². The van der Waals surface area contributed by atoms with Gasteiger partial charge in [0.1, 0.15) is 17.5 Å². The molecule has 3 rings (SSSR count). The van der Waals surface area contributed by atoms with Gasteiger partial charge in [-0.2, -0.15) is 5.10 Å². The number of nitrogens with two attached hydrogens (primary N) is 1. The molecule has 0 aliphatic carbocycles. The molecule has 2 heterocycles. The zero-order chi connectivity index (χ0) is 19.6. The summed E-state index contributed by atoms with van der Waals surface area (Å²) in [7, 11) is 1.77. The molecule has 3 N–H and O–H groups in total. The van der Waals surface area contributed by atoms with Crippen LogP contribution in [-0.2, 0) is 11.8 Å². The molecule has 0 spiro atoms. The van der Waals surface area contributed by atoms with E-state index in [9.17, 15) is 9.59 Å². The Morgan fingerprint density at radius 3 is 2.81 bits per heavy atom. The van der Waals surface area contributed by atoms with Gasteiger partial charge >= 0.3 is 0 Å². The molecule has 144 valence electrons. The van der Waals surface area contributed by atoms with Crippen LogP contribution in [0.4, 0.5) is 5.69 Å². The van der Waals surface area contributed by atoms with Crippen molar-refractivity contribution in [1.82, 2.24) is 9.78 Å². The zero-order valence-corrected chi connectivity index (χ0v) is 15.7. The number of primary amides is 1. The molecular weight excluding hydrogens is 348 g/mol. The molecule has 2 amide bonds. The normalized spacial score (nSPS) is 16.5. The first-order valence-electron chi connectivity index (χ1n) is 8.92. The summed E-state index contributed by atoms with van der Waals surface area (Å²) in [5.74, 6) is -0.486. The number of nitrogens with one attached hydrogen (secondary N) is 1. The van der Waals surface area contributed by atoms with Crippen LogP contribution in [-0.4, -0.2) is 34.3 Å². The third-order valence-electron chi connectivity index (χ3n) is 4.21. The highest BCUT2D eigenvalue weighted by atomic mass is 16.5. The van der Waals surface area contributed by atoms with Gasteiger partial charge in [-0.05, 0) is 44.9 Å². The Labute approximate surface area is 157 Å². The Morgan fingerprint density at radius 2 is 2.19 bits per heavy atom. The SMILES string of the molecule is CC(C)Oc1cc(C(N)=O)ccc1NC(=O)c1cn(C)nc1C1CCCO1.